The molecule has 0 aromatic carbocycles. The average Bonchev–Trinajstić information content (AvgIpc) is 3.08. The lowest BCUT2D eigenvalue weighted by Gasteiger charge is -2.09. The predicted octanol–water partition coefficient (Wildman–Crippen LogP) is 0.991. The van der Waals surface area contributed by atoms with Crippen LogP contribution in [0.2, 0.25) is 0 Å². The van der Waals surface area contributed by atoms with Gasteiger partial charge in [0.25, 0.3) is 5.56 Å². The summed E-state index contributed by atoms with van der Waals surface area (Å²) in [4.78, 5) is 37.4. The minimum atomic E-state index is -0.436. The van der Waals surface area contributed by atoms with Crippen molar-refractivity contribution in [2.75, 3.05) is 0 Å². The van der Waals surface area contributed by atoms with E-state index in [0.717, 1.165) is 23.8 Å². The minimum absolute atomic E-state index is 0.0940. The van der Waals surface area contributed by atoms with Gasteiger partial charge in [-0.15, -0.1) is 11.3 Å². The third kappa shape index (κ3) is 2.52. The molecule has 0 fully saturated rings. The highest BCUT2D eigenvalue weighted by Crippen LogP contribution is 2.30. The molecular formula is C15H16N2O4S. The first kappa shape index (κ1) is 14.8. The molecule has 0 radical (unpaired) electrons. The highest BCUT2D eigenvalue weighted by Gasteiger charge is 2.19. The minimum Gasteiger partial charge on any atom is -0.455 e. The van der Waals surface area contributed by atoms with E-state index < -0.39 is 17.2 Å². The van der Waals surface area contributed by atoms with Gasteiger partial charge in [-0.2, -0.15) is 0 Å². The number of carbonyl (C=O) groups is 1. The molecule has 0 bridgehead atoms. The summed E-state index contributed by atoms with van der Waals surface area (Å²) in [5.41, 5.74) is 0.765. The van der Waals surface area contributed by atoms with Crippen LogP contribution in [0.25, 0.3) is 0 Å². The first-order valence-electron chi connectivity index (χ1n) is 7.02. The van der Waals surface area contributed by atoms with Crippen LogP contribution in [0.4, 0.5) is 0 Å². The molecule has 0 amide bonds. The molecule has 1 aliphatic carbocycles. The van der Waals surface area contributed by atoms with Gasteiger partial charge in [-0.25, -0.2) is 9.59 Å². The Labute approximate surface area is 130 Å². The molecule has 116 valence electrons. The molecule has 0 saturated heterocycles. The number of ether oxygens (including phenoxy) is 1. The van der Waals surface area contributed by atoms with Gasteiger partial charge < -0.3 is 4.74 Å². The van der Waals surface area contributed by atoms with Gasteiger partial charge in [0.1, 0.15) is 11.5 Å². The van der Waals surface area contributed by atoms with Crippen molar-refractivity contribution in [1.82, 2.24) is 9.13 Å². The number of rotatable bonds is 3. The van der Waals surface area contributed by atoms with Crippen LogP contribution in [-0.2, 0) is 38.3 Å². The lowest BCUT2D eigenvalue weighted by molar-refractivity contribution is 0.0468. The third-order valence-corrected chi connectivity index (χ3v) is 5.14. The van der Waals surface area contributed by atoms with E-state index in [1.165, 1.54) is 39.5 Å². The van der Waals surface area contributed by atoms with E-state index >= 15 is 0 Å². The van der Waals surface area contributed by atoms with E-state index in [9.17, 15) is 14.4 Å². The quantitative estimate of drug-likeness (QED) is 0.791. The highest BCUT2D eigenvalue weighted by molar-refractivity contribution is 7.14. The van der Waals surface area contributed by atoms with Crippen molar-refractivity contribution in [2.45, 2.75) is 25.9 Å². The van der Waals surface area contributed by atoms with Gasteiger partial charge in [0.2, 0.25) is 0 Å². The Morgan fingerprint density at radius 3 is 2.73 bits per heavy atom. The Bertz CT molecular complexity index is 838. The first-order valence-corrected chi connectivity index (χ1v) is 7.83. The summed E-state index contributed by atoms with van der Waals surface area (Å²) in [6.45, 7) is -0.0940. The number of esters is 1. The molecule has 7 heteroatoms. The predicted molar refractivity (Wildman–Crippen MR) is 82.4 cm³/mol. The SMILES string of the molecule is Cn1c(COC(=O)c2cc3c(s2)CCC3)cc(=O)n(C)c1=O. The van der Waals surface area contributed by atoms with Crippen LogP contribution in [0.3, 0.4) is 0 Å². The lowest BCUT2D eigenvalue weighted by atomic mass is 10.2. The second-order valence-corrected chi connectivity index (χ2v) is 6.50. The maximum Gasteiger partial charge on any atom is 0.348 e. The summed E-state index contributed by atoms with van der Waals surface area (Å²) < 4.78 is 7.56. The smallest absolute Gasteiger partial charge is 0.348 e. The number of nitrogens with zero attached hydrogens (tertiary/aromatic N) is 2. The Morgan fingerprint density at radius 2 is 2.00 bits per heavy atom. The molecule has 0 saturated carbocycles. The van der Waals surface area contributed by atoms with Gasteiger partial charge in [-0.1, -0.05) is 0 Å². The van der Waals surface area contributed by atoms with E-state index in [1.807, 2.05) is 6.07 Å². The summed E-state index contributed by atoms with van der Waals surface area (Å²) in [6.07, 6.45) is 3.19. The van der Waals surface area contributed by atoms with Gasteiger partial charge in [-0.3, -0.25) is 13.9 Å². The van der Waals surface area contributed by atoms with Crippen molar-refractivity contribution >= 4 is 17.3 Å². The maximum atomic E-state index is 12.1. The number of thiophene rings is 1. The Balaban J connectivity index is 1.76. The number of hydrogen-bond acceptors (Lipinski definition) is 5. The van der Waals surface area contributed by atoms with Crippen LogP contribution in [0.15, 0.2) is 21.7 Å². The van der Waals surface area contributed by atoms with E-state index in [1.54, 1.807) is 7.05 Å². The number of aryl methyl sites for hydroxylation is 2. The second-order valence-electron chi connectivity index (χ2n) is 5.36. The second kappa shape index (κ2) is 5.57. The molecule has 3 rings (SSSR count). The molecule has 1 aliphatic rings. The largest absolute Gasteiger partial charge is 0.455 e. The van der Waals surface area contributed by atoms with Crippen LogP contribution in [-0.4, -0.2) is 15.1 Å². The zero-order valence-corrected chi connectivity index (χ0v) is 13.2. The van der Waals surface area contributed by atoms with Gasteiger partial charge in [0.05, 0.1) is 5.69 Å². The van der Waals surface area contributed by atoms with Crippen molar-refractivity contribution < 1.29 is 9.53 Å². The van der Waals surface area contributed by atoms with Gasteiger partial charge in [0.15, 0.2) is 0 Å². The summed E-state index contributed by atoms with van der Waals surface area (Å²) in [5, 5.41) is 0. The van der Waals surface area contributed by atoms with E-state index in [0.29, 0.717) is 10.6 Å². The molecule has 0 spiro atoms. The van der Waals surface area contributed by atoms with Crippen molar-refractivity contribution in [1.29, 1.82) is 0 Å². The molecule has 0 aliphatic heterocycles. The number of carbonyl (C=O) groups excluding carboxylic acids is 1. The van der Waals surface area contributed by atoms with Crippen LogP contribution >= 0.6 is 11.3 Å². The van der Waals surface area contributed by atoms with Crippen molar-refractivity contribution in [3.05, 3.63) is 54.0 Å². The molecule has 2 aromatic rings. The molecule has 2 heterocycles. The zero-order chi connectivity index (χ0) is 15.9. The molecular weight excluding hydrogens is 304 g/mol. The molecule has 0 atom stereocenters. The standard InChI is InChI=1S/C15H16N2O4S/c1-16-10(7-13(18)17(2)15(16)20)8-21-14(19)12-6-9-4-3-5-11(9)22-12/h6-7H,3-5,8H2,1-2H3. The zero-order valence-electron chi connectivity index (χ0n) is 12.4. The average molecular weight is 320 g/mol. The Hall–Kier alpha value is -2.15. The van der Waals surface area contributed by atoms with Crippen LogP contribution < -0.4 is 11.2 Å². The fourth-order valence-corrected chi connectivity index (χ4v) is 3.70. The van der Waals surface area contributed by atoms with E-state index in [-0.39, 0.29) is 6.61 Å². The fraction of sp³-hybridized carbons (Fsp3) is 0.400. The number of fused-ring (bicyclic) bond motifs is 1. The molecule has 0 unspecified atom stereocenters. The summed E-state index contributed by atoms with van der Waals surface area (Å²) in [7, 11) is 2.96. The third-order valence-electron chi connectivity index (χ3n) is 3.92. The van der Waals surface area contributed by atoms with E-state index in [4.69, 9.17) is 4.74 Å². The lowest BCUT2D eigenvalue weighted by Crippen LogP contribution is -2.38. The maximum absolute atomic E-state index is 12.1. The Kier molecular flexibility index (Phi) is 3.74. The van der Waals surface area contributed by atoms with Gasteiger partial charge >= 0.3 is 11.7 Å². The molecule has 22 heavy (non-hydrogen) atoms. The van der Waals surface area contributed by atoms with Gasteiger partial charge in [-0.05, 0) is 30.9 Å². The van der Waals surface area contributed by atoms with Gasteiger partial charge in [0, 0.05) is 25.0 Å². The van der Waals surface area contributed by atoms with Crippen LogP contribution in [0, 0.1) is 0 Å². The normalized spacial score (nSPS) is 13.2. The summed E-state index contributed by atoms with van der Waals surface area (Å²) >= 11 is 1.47. The van der Waals surface area contributed by atoms with Crippen molar-refractivity contribution in [2.24, 2.45) is 14.1 Å². The van der Waals surface area contributed by atoms with E-state index in [2.05, 4.69) is 0 Å². The number of hydrogen-bond donors (Lipinski definition) is 0. The summed E-state index contributed by atoms with van der Waals surface area (Å²) in [6, 6.07) is 3.20. The Morgan fingerprint density at radius 1 is 1.23 bits per heavy atom. The molecule has 0 N–H and O–H groups in total. The first-order chi connectivity index (χ1) is 10.5. The van der Waals surface area contributed by atoms with Crippen molar-refractivity contribution in [3.63, 3.8) is 0 Å². The highest BCUT2D eigenvalue weighted by atomic mass is 32.1. The molecule has 2 aromatic heterocycles. The van der Waals surface area contributed by atoms with Crippen LogP contribution in [0.1, 0.15) is 32.2 Å². The fourth-order valence-electron chi connectivity index (χ4n) is 2.56. The number of aromatic nitrogens is 2. The molecule has 6 nitrogen and oxygen atoms in total. The van der Waals surface area contributed by atoms with Crippen LogP contribution in [0.5, 0.6) is 0 Å². The topological polar surface area (TPSA) is 70.3 Å². The summed E-state index contributed by atoms with van der Waals surface area (Å²) in [5.74, 6) is -0.410. The van der Waals surface area contributed by atoms with Crippen molar-refractivity contribution in [3.8, 4) is 0 Å². The monoisotopic (exact) mass is 320 g/mol.